The summed E-state index contributed by atoms with van der Waals surface area (Å²) >= 11 is 0. The van der Waals surface area contributed by atoms with Gasteiger partial charge >= 0.3 is 6.18 Å². The van der Waals surface area contributed by atoms with Crippen LogP contribution in [-0.4, -0.2) is 44.9 Å². The van der Waals surface area contributed by atoms with Gasteiger partial charge in [0.15, 0.2) is 0 Å². The van der Waals surface area contributed by atoms with Crippen LogP contribution in [0.5, 0.6) is 0 Å². The molecule has 0 saturated heterocycles. The van der Waals surface area contributed by atoms with Gasteiger partial charge in [0.25, 0.3) is 5.91 Å². The van der Waals surface area contributed by atoms with Crippen LogP contribution >= 0.6 is 0 Å². The lowest BCUT2D eigenvalue weighted by Gasteiger charge is -2.20. The second-order valence-corrected chi connectivity index (χ2v) is 9.72. The minimum absolute atomic E-state index is 0.0931. The third-order valence-corrected chi connectivity index (χ3v) is 6.33. The Hall–Kier alpha value is -3.42. The molecule has 2 amide bonds. The molecule has 0 radical (unpaired) electrons. The van der Waals surface area contributed by atoms with Crippen LogP contribution in [0.25, 0.3) is 11.0 Å². The molecule has 0 spiro atoms. The Labute approximate surface area is 222 Å². The first-order valence-electron chi connectivity index (χ1n) is 12.8. The molecule has 216 valence electrons. The van der Waals surface area contributed by atoms with Gasteiger partial charge in [-0.3, -0.25) is 9.59 Å². The number of rotatable bonds is 9. The van der Waals surface area contributed by atoms with E-state index >= 15 is 0 Å². The number of hydrogen-bond donors (Lipinski definition) is 5. The zero-order chi connectivity index (χ0) is 28.6. The van der Waals surface area contributed by atoms with E-state index in [0.717, 1.165) is 19.3 Å². The van der Waals surface area contributed by atoms with Gasteiger partial charge in [-0.05, 0) is 43.4 Å². The summed E-state index contributed by atoms with van der Waals surface area (Å²) < 4.78 is 60.9. The number of hydrogen-bond acceptors (Lipinski definition) is 6. The number of carbonyl (C=O) groups excluding carboxylic acids is 2. The maximum Gasteiger partial charge on any atom is 0.389 e. The molecule has 7 N–H and O–H groups in total. The summed E-state index contributed by atoms with van der Waals surface area (Å²) in [6.07, 6.45) is -0.473. The van der Waals surface area contributed by atoms with Crippen molar-refractivity contribution in [2.75, 3.05) is 0 Å². The van der Waals surface area contributed by atoms with Crippen molar-refractivity contribution >= 4 is 22.8 Å². The first-order chi connectivity index (χ1) is 18.4. The average Bonchev–Trinajstić information content (AvgIpc) is 3.64. The molecular formula is C25H34F5N7O2. The molecule has 1 heterocycles. The predicted octanol–water partition coefficient (Wildman–Crippen LogP) is 3.86. The highest BCUT2D eigenvalue weighted by Gasteiger charge is 2.31. The Morgan fingerprint density at radius 1 is 1.13 bits per heavy atom. The lowest BCUT2D eigenvalue weighted by Crippen LogP contribution is -2.41. The highest BCUT2D eigenvalue weighted by Crippen LogP contribution is 2.32. The van der Waals surface area contributed by atoms with Gasteiger partial charge in [-0.1, -0.05) is 12.5 Å². The number of carbonyl (C=O) groups is 2. The van der Waals surface area contributed by atoms with E-state index in [1.165, 1.54) is 11.2 Å². The Morgan fingerprint density at radius 3 is 2.38 bits per heavy atom. The largest absolute Gasteiger partial charge is 0.403 e. The third-order valence-electron chi connectivity index (χ3n) is 6.33. The van der Waals surface area contributed by atoms with Crippen molar-refractivity contribution in [2.24, 2.45) is 11.6 Å². The maximum atomic E-state index is 12.3. The molecule has 2 saturated carbocycles. The first kappa shape index (κ1) is 30.1. The first-order valence-corrected chi connectivity index (χ1v) is 12.8. The number of H-pyrrole nitrogens is 1. The van der Waals surface area contributed by atoms with Gasteiger partial charge in [-0.15, -0.1) is 0 Å². The van der Waals surface area contributed by atoms with Crippen LogP contribution in [0.15, 0.2) is 30.1 Å². The number of nitrogens with zero attached hydrogens (tertiary/aromatic N) is 2. The second kappa shape index (κ2) is 13.1. The molecule has 0 atom stereocenters. The highest BCUT2D eigenvalue weighted by atomic mass is 19.4. The van der Waals surface area contributed by atoms with Crippen LogP contribution in [-0.2, 0) is 22.7 Å². The summed E-state index contributed by atoms with van der Waals surface area (Å²) in [6, 6.07) is 5.29. The van der Waals surface area contributed by atoms with Crippen LogP contribution in [0.3, 0.4) is 0 Å². The number of hydrazine groups is 1. The lowest BCUT2D eigenvalue weighted by molar-refractivity contribution is -0.144. The van der Waals surface area contributed by atoms with E-state index in [9.17, 15) is 31.5 Å². The minimum Gasteiger partial charge on any atom is -0.403 e. The zero-order valence-electron chi connectivity index (χ0n) is 21.4. The summed E-state index contributed by atoms with van der Waals surface area (Å²) in [6.45, 7) is 0.211. The van der Waals surface area contributed by atoms with Crippen molar-refractivity contribution in [1.29, 1.82) is 0 Å². The fourth-order valence-electron chi connectivity index (χ4n) is 4.00. The SMILES string of the molecule is FC1(F)CCCCC1.N/C=C(/C(=O)NCc1nc2ccc(CNC(=O)CCC(F)(F)F)cc2[nH]1)N(N)C1CC1. The molecule has 39 heavy (non-hydrogen) atoms. The quantitative estimate of drug-likeness (QED) is 0.137. The van der Waals surface area contributed by atoms with Crippen molar-refractivity contribution in [2.45, 2.75) is 89.0 Å². The van der Waals surface area contributed by atoms with Gasteiger partial charge in [0.2, 0.25) is 11.8 Å². The summed E-state index contributed by atoms with van der Waals surface area (Å²) in [4.78, 5) is 31.3. The maximum absolute atomic E-state index is 12.3. The lowest BCUT2D eigenvalue weighted by atomic mass is 9.97. The molecule has 9 nitrogen and oxygen atoms in total. The molecule has 0 bridgehead atoms. The van der Waals surface area contributed by atoms with Gasteiger partial charge in [0.05, 0.1) is 24.0 Å². The van der Waals surface area contributed by atoms with Crippen LogP contribution in [0, 0.1) is 0 Å². The van der Waals surface area contributed by atoms with Gasteiger partial charge in [-0.25, -0.2) is 19.6 Å². The van der Waals surface area contributed by atoms with Gasteiger partial charge < -0.3 is 26.4 Å². The molecule has 4 rings (SSSR count). The predicted molar refractivity (Wildman–Crippen MR) is 134 cm³/mol. The summed E-state index contributed by atoms with van der Waals surface area (Å²) in [5, 5.41) is 6.53. The van der Waals surface area contributed by atoms with Gasteiger partial charge in [0, 0.05) is 38.0 Å². The molecular weight excluding hydrogens is 525 g/mol. The molecule has 0 aliphatic heterocycles. The van der Waals surface area contributed by atoms with Gasteiger partial charge in [-0.2, -0.15) is 13.2 Å². The number of alkyl halides is 5. The number of fused-ring (bicyclic) bond motifs is 1. The number of amides is 2. The zero-order valence-corrected chi connectivity index (χ0v) is 21.4. The Morgan fingerprint density at radius 2 is 1.82 bits per heavy atom. The van der Waals surface area contributed by atoms with Crippen molar-refractivity contribution in [1.82, 2.24) is 25.6 Å². The van der Waals surface area contributed by atoms with Crippen molar-refractivity contribution in [3.8, 4) is 0 Å². The topological polar surface area (TPSA) is 142 Å². The van der Waals surface area contributed by atoms with E-state index in [1.807, 2.05) is 0 Å². The fourth-order valence-corrected chi connectivity index (χ4v) is 4.00. The van der Waals surface area contributed by atoms with E-state index in [-0.39, 0.29) is 37.7 Å². The van der Waals surface area contributed by atoms with Gasteiger partial charge in [0.1, 0.15) is 11.5 Å². The van der Waals surface area contributed by atoms with Crippen LogP contribution in [0.2, 0.25) is 0 Å². The average molecular weight is 560 g/mol. The van der Waals surface area contributed by atoms with Crippen molar-refractivity contribution in [3.63, 3.8) is 0 Å². The van der Waals surface area contributed by atoms with E-state index in [0.29, 0.717) is 35.3 Å². The van der Waals surface area contributed by atoms with Crippen molar-refractivity contribution in [3.05, 3.63) is 41.5 Å². The van der Waals surface area contributed by atoms with E-state index < -0.39 is 36.8 Å². The number of aromatic nitrogens is 2. The molecule has 2 aliphatic rings. The van der Waals surface area contributed by atoms with Crippen molar-refractivity contribution < 1.29 is 31.5 Å². The second-order valence-electron chi connectivity index (χ2n) is 9.72. The molecule has 1 aromatic carbocycles. The smallest absolute Gasteiger partial charge is 0.389 e. The number of imidazole rings is 1. The molecule has 1 aromatic heterocycles. The van der Waals surface area contributed by atoms with E-state index in [1.54, 1.807) is 18.2 Å². The number of halogens is 5. The molecule has 2 aliphatic carbocycles. The monoisotopic (exact) mass is 559 g/mol. The molecule has 0 unspecified atom stereocenters. The van der Waals surface area contributed by atoms with Crippen LogP contribution in [0.4, 0.5) is 22.0 Å². The van der Waals surface area contributed by atoms with E-state index in [2.05, 4.69) is 20.6 Å². The summed E-state index contributed by atoms with van der Waals surface area (Å²) in [7, 11) is 0. The van der Waals surface area contributed by atoms with E-state index in [4.69, 9.17) is 11.6 Å². The molecule has 14 heteroatoms. The minimum atomic E-state index is -4.36. The number of aromatic amines is 1. The standard InChI is InChI=1S/C19H24F3N7O2.C6H10F2/c20-19(21,22)6-5-17(30)25-9-11-1-4-13-14(7-11)28-16(27-13)10-26-18(31)15(8-23)29(24)12-2-3-12;7-6(8)4-2-1-3-5-6/h1,4,7-8,12H,2-3,5-6,9-10,23-24H2,(H,25,30)(H,26,31)(H,27,28);1-5H2/b15-8-;. The third kappa shape index (κ3) is 10.0. The van der Waals surface area contributed by atoms with Crippen LogP contribution < -0.4 is 22.2 Å². The Balaban J connectivity index is 0.000000449. The normalized spacial score (nSPS) is 17.2. The molecule has 2 aromatic rings. The number of nitrogens with one attached hydrogen (secondary N) is 3. The Kier molecular flexibility index (Phi) is 10.1. The molecule has 2 fully saturated rings. The fraction of sp³-hybridized carbons (Fsp3) is 0.560. The number of nitrogens with two attached hydrogens (primary N) is 2. The summed E-state index contributed by atoms with van der Waals surface area (Å²) in [5.41, 5.74) is 7.71. The van der Waals surface area contributed by atoms with Crippen LogP contribution in [0.1, 0.15) is 69.2 Å². The highest BCUT2D eigenvalue weighted by molar-refractivity contribution is 5.92. The Bertz CT molecular complexity index is 1150. The summed E-state index contributed by atoms with van der Waals surface area (Å²) in [5.74, 6) is 2.98. The number of benzene rings is 1.